The lowest BCUT2D eigenvalue weighted by atomic mass is 9.94. The van der Waals surface area contributed by atoms with E-state index < -0.39 is 23.9 Å². The van der Waals surface area contributed by atoms with Crippen molar-refractivity contribution in [2.24, 2.45) is 33.8 Å². The number of benzene rings is 2. The average Bonchev–Trinajstić information content (AvgIpc) is 2.85. The lowest BCUT2D eigenvalue weighted by molar-refractivity contribution is -0.138. The van der Waals surface area contributed by atoms with Crippen molar-refractivity contribution in [3.05, 3.63) is 48.0 Å². The third-order valence-electron chi connectivity index (χ3n) is 6.35. The number of nitrogens with zero attached hydrogens (tertiary/aromatic N) is 2. The van der Waals surface area contributed by atoms with Crippen LogP contribution in [0.2, 0.25) is 0 Å². The quantitative estimate of drug-likeness (QED) is 0.180. The molecule has 35 heavy (non-hydrogen) atoms. The van der Waals surface area contributed by atoms with Gasteiger partial charge in [-0.05, 0) is 42.0 Å². The van der Waals surface area contributed by atoms with Crippen LogP contribution in [0.15, 0.2) is 47.5 Å². The van der Waals surface area contributed by atoms with Gasteiger partial charge in [0.1, 0.15) is 6.04 Å². The molecule has 3 amide bonds. The van der Waals surface area contributed by atoms with Gasteiger partial charge < -0.3 is 33.2 Å². The van der Waals surface area contributed by atoms with Crippen molar-refractivity contribution in [2.75, 3.05) is 19.6 Å². The molecule has 188 valence electrons. The number of carbonyl (C=O) groups excluding carboxylic acids is 3. The summed E-state index contributed by atoms with van der Waals surface area (Å²) in [6, 6.07) is 12.2. The Labute approximate surface area is 205 Å². The third kappa shape index (κ3) is 7.16. The highest BCUT2D eigenvalue weighted by molar-refractivity contribution is 5.90. The van der Waals surface area contributed by atoms with E-state index in [2.05, 4.69) is 10.3 Å². The Kier molecular flexibility index (Phi) is 9.02. The van der Waals surface area contributed by atoms with Gasteiger partial charge in [0.05, 0.1) is 12.0 Å². The smallest absolute Gasteiger partial charge is 0.240 e. The molecule has 1 saturated heterocycles. The summed E-state index contributed by atoms with van der Waals surface area (Å²) in [4.78, 5) is 43.6. The molecular weight excluding hydrogens is 446 g/mol. The van der Waals surface area contributed by atoms with Gasteiger partial charge in [0.15, 0.2) is 5.96 Å². The van der Waals surface area contributed by atoms with E-state index in [0.717, 1.165) is 16.3 Å². The van der Waals surface area contributed by atoms with E-state index in [1.807, 2.05) is 42.5 Å². The zero-order chi connectivity index (χ0) is 25.4. The molecule has 9 N–H and O–H groups in total. The van der Waals surface area contributed by atoms with Crippen molar-refractivity contribution in [3.8, 4) is 0 Å². The number of amides is 3. The SMILES string of the molecule is NC(=O)[C@H](Cc1cccc2ccccc12)NC(=O)[C@H]1CCCN(C(=O)[C@@H](N)CCCN=C(N)N)C1. The normalized spacial score (nSPS) is 17.4. The van der Waals surface area contributed by atoms with Crippen molar-refractivity contribution < 1.29 is 14.4 Å². The summed E-state index contributed by atoms with van der Waals surface area (Å²) in [5, 5.41) is 4.88. The molecule has 0 unspecified atom stereocenters. The Morgan fingerprint density at radius 2 is 1.83 bits per heavy atom. The lowest BCUT2D eigenvalue weighted by Crippen LogP contribution is -2.53. The van der Waals surface area contributed by atoms with Crippen molar-refractivity contribution in [3.63, 3.8) is 0 Å². The average molecular weight is 482 g/mol. The second-order valence-corrected chi connectivity index (χ2v) is 8.98. The van der Waals surface area contributed by atoms with Crippen LogP contribution < -0.4 is 28.3 Å². The summed E-state index contributed by atoms with van der Waals surface area (Å²) >= 11 is 0. The van der Waals surface area contributed by atoms with Crippen molar-refractivity contribution in [1.29, 1.82) is 0 Å². The first-order chi connectivity index (χ1) is 16.8. The van der Waals surface area contributed by atoms with E-state index >= 15 is 0 Å². The van der Waals surface area contributed by atoms with Crippen molar-refractivity contribution in [2.45, 2.75) is 44.2 Å². The first-order valence-corrected chi connectivity index (χ1v) is 11.9. The summed E-state index contributed by atoms with van der Waals surface area (Å²) in [6.45, 7) is 1.20. The molecule has 0 aromatic heterocycles. The van der Waals surface area contributed by atoms with Crippen LogP contribution in [-0.4, -0.2) is 60.3 Å². The molecule has 2 aromatic carbocycles. The Morgan fingerprint density at radius 1 is 1.09 bits per heavy atom. The highest BCUT2D eigenvalue weighted by atomic mass is 16.2. The molecule has 10 heteroatoms. The van der Waals surface area contributed by atoms with E-state index in [-0.39, 0.29) is 24.3 Å². The molecule has 1 heterocycles. The fourth-order valence-electron chi connectivity index (χ4n) is 4.47. The van der Waals surface area contributed by atoms with Gasteiger partial charge in [-0.3, -0.25) is 19.4 Å². The highest BCUT2D eigenvalue weighted by Gasteiger charge is 2.32. The zero-order valence-electron chi connectivity index (χ0n) is 19.9. The summed E-state index contributed by atoms with van der Waals surface area (Å²) in [7, 11) is 0. The van der Waals surface area contributed by atoms with Gasteiger partial charge in [0.2, 0.25) is 17.7 Å². The molecule has 0 radical (unpaired) electrons. The Balaban J connectivity index is 1.59. The summed E-state index contributed by atoms with van der Waals surface area (Å²) in [5.74, 6) is -1.51. The van der Waals surface area contributed by atoms with E-state index in [1.165, 1.54) is 0 Å². The minimum Gasteiger partial charge on any atom is -0.370 e. The second-order valence-electron chi connectivity index (χ2n) is 8.98. The number of likely N-dealkylation sites (tertiary alicyclic amines) is 1. The number of piperidine rings is 1. The number of guanidine groups is 1. The molecule has 10 nitrogen and oxygen atoms in total. The van der Waals surface area contributed by atoms with Crippen LogP contribution in [0.4, 0.5) is 0 Å². The molecule has 1 aliphatic rings. The highest BCUT2D eigenvalue weighted by Crippen LogP contribution is 2.21. The van der Waals surface area contributed by atoms with Gasteiger partial charge in [0, 0.05) is 26.1 Å². The molecule has 1 aliphatic heterocycles. The van der Waals surface area contributed by atoms with E-state index in [1.54, 1.807) is 4.90 Å². The van der Waals surface area contributed by atoms with Crippen LogP contribution in [-0.2, 0) is 20.8 Å². The number of carbonyl (C=O) groups is 3. The van der Waals surface area contributed by atoms with Crippen molar-refractivity contribution >= 4 is 34.5 Å². The predicted octanol–water partition coefficient (Wildman–Crippen LogP) is -0.0281. The Morgan fingerprint density at radius 3 is 2.57 bits per heavy atom. The monoisotopic (exact) mass is 481 g/mol. The molecule has 0 bridgehead atoms. The molecule has 0 aliphatic carbocycles. The number of rotatable bonds is 10. The molecule has 2 aromatic rings. The number of aliphatic imine (C=N–C) groups is 1. The number of primary amides is 1. The van der Waals surface area contributed by atoms with Crippen molar-refractivity contribution in [1.82, 2.24) is 10.2 Å². The standard InChI is InChI=1S/C25H35N7O3/c26-20(11-4-12-30-25(28)29)24(35)32-13-5-9-18(15-32)23(34)31-21(22(27)33)14-17-8-3-7-16-6-1-2-10-19(16)17/h1-3,6-8,10,18,20-21H,4-5,9,11-15,26H2,(H2,27,33)(H,31,34)(H4,28,29,30)/t18-,20-,21-/m0/s1. The summed E-state index contributed by atoms with van der Waals surface area (Å²) in [5.41, 5.74) is 23.3. The zero-order valence-corrected chi connectivity index (χ0v) is 19.9. The number of fused-ring (bicyclic) bond motifs is 1. The maximum Gasteiger partial charge on any atom is 0.240 e. The first-order valence-electron chi connectivity index (χ1n) is 11.9. The van der Waals surface area contributed by atoms with Gasteiger partial charge in [-0.15, -0.1) is 0 Å². The minimum absolute atomic E-state index is 0.00417. The second kappa shape index (κ2) is 12.2. The van der Waals surface area contributed by atoms with E-state index in [0.29, 0.717) is 45.2 Å². The van der Waals surface area contributed by atoms with Crippen LogP contribution in [0.25, 0.3) is 10.8 Å². The largest absolute Gasteiger partial charge is 0.370 e. The fourth-order valence-corrected chi connectivity index (χ4v) is 4.47. The molecule has 3 atom stereocenters. The minimum atomic E-state index is -0.850. The Hall–Kier alpha value is -3.66. The van der Waals surface area contributed by atoms with Gasteiger partial charge in [0.25, 0.3) is 0 Å². The Bertz CT molecular complexity index is 1080. The van der Waals surface area contributed by atoms with Crippen LogP contribution in [0.1, 0.15) is 31.2 Å². The van der Waals surface area contributed by atoms with Gasteiger partial charge in [-0.2, -0.15) is 0 Å². The first kappa shape index (κ1) is 26.0. The number of hydrogen-bond acceptors (Lipinski definition) is 5. The molecule has 0 saturated carbocycles. The van der Waals surface area contributed by atoms with Crippen LogP contribution in [0, 0.1) is 5.92 Å². The topological polar surface area (TPSA) is 183 Å². The molecule has 0 spiro atoms. The maximum atomic E-state index is 13.1. The number of nitrogens with two attached hydrogens (primary N) is 4. The number of nitrogens with one attached hydrogen (secondary N) is 1. The van der Waals surface area contributed by atoms with Crippen LogP contribution in [0.5, 0.6) is 0 Å². The van der Waals surface area contributed by atoms with Gasteiger partial charge >= 0.3 is 0 Å². The van der Waals surface area contributed by atoms with E-state index in [4.69, 9.17) is 22.9 Å². The van der Waals surface area contributed by atoms with Gasteiger partial charge in [-0.1, -0.05) is 42.5 Å². The summed E-state index contributed by atoms with van der Waals surface area (Å²) in [6.07, 6.45) is 2.61. The molecule has 3 rings (SSSR count). The fraction of sp³-hybridized carbons (Fsp3) is 0.440. The van der Waals surface area contributed by atoms with Crippen LogP contribution >= 0.6 is 0 Å². The lowest BCUT2D eigenvalue weighted by Gasteiger charge is -2.34. The maximum absolute atomic E-state index is 13.1. The van der Waals surface area contributed by atoms with Crippen LogP contribution in [0.3, 0.4) is 0 Å². The van der Waals surface area contributed by atoms with E-state index in [9.17, 15) is 14.4 Å². The van der Waals surface area contributed by atoms with Gasteiger partial charge in [-0.25, -0.2) is 0 Å². The number of hydrogen-bond donors (Lipinski definition) is 5. The molecule has 1 fully saturated rings. The third-order valence-corrected chi connectivity index (χ3v) is 6.35. The summed E-state index contributed by atoms with van der Waals surface area (Å²) < 4.78 is 0. The predicted molar refractivity (Wildman–Crippen MR) is 136 cm³/mol. The molecular formula is C25H35N7O3.